The van der Waals surface area contributed by atoms with E-state index in [1.807, 2.05) is 0 Å². The number of likely N-dealkylation sites (N-methyl/N-ethyl adjacent to an activating group) is 1. The summed E-state index contributed by atoms with van der Waals surface area (Å²) in [4.78, 5) is 2.73. The second-order valence-electron chi connectivity index (χ2n) is 7.63. The zero-order valence-electron chi connectivity index (χ0n) is 14.8. The zero-order valence-corrected chi connectivity index (χ0v) is 14.8. The molecule has 0 radical (unpaired) electrons. The van der Waals surface area contributed by atoms with Crippen LogP contribution in [0.4, 0.5) is 0 Å². The van der Waals surface area contributed by atoms with Crippen LogP contribution in [0, 0.1) is 11.3 Å². The molecule has 1 aliphatic carbocycles. The van der Waals surface area contributed by atoms with E-state index in [0.29, 0.717) is 11.5 Å². The molecule has 3 atom stereocenters. The molecule has 0 aliphatic heterocycles. The number of hydrogen-bond acceptors (Lipinski definition) is 2. The molecule has 1 fully saturated rings. The van der Waals surface area contributed by atoms with Crippen molar-refractivity contribution in [3.8, 4) is 0 Å². The van der Waals surface area contributed by atoms with Crippen molar-refractivity contribution >= 4 is 0 Å². The van der Waals surface area contributed by atoms with Crippen molar-refractivity contribution in [2.75, 3.05) is 19.6 Å². The maximum atomic E-state index is 3.82. The maximum absolute atomic E-state index is 3.82. The standard InChI is InChI=1S/C18H38N2/c1-7-12-19-16-11-10-15(18(4,5)6)14-17(16)20(9-3)13-8-2/h15-17,19H,7-14H2,1-6H3. The molecule has 3 unspecified atom stereocenters. The molecule has 0 aromatic carbocycles. The van der Waals surface area contributed by atoms with E-state index < -0.39 is 0 Å². The Morgan fingerprint density at radius 1 is 1.05 bits per heavy atom. The predicted octanol–water partition coefficient (Wildman–Crippen LogP) is 4.30. The van der Waals surface area contributed by atoms with Gasteiger partial charge < -0.3 is 5.32 Å². The van der Waals surface area contributed by atoms with Crippen LogP contribution in [0.15, 0.2) is 0 Å². The Morgan fingerprint density at radius 2 is 1.75 bits per heavy atom. The molecular formula is C18H38N2. The van der Waals surface area contributed by atoms with Crippen molar-refractivity contribution in [2.45, 2.75) is 85.7 Å². The summed E-state index contributed by atoms with van der Waals surface area (Å²) in [7, 11) is 0. The lowest BCUT2D eigenvalue weighted by Gasteiger charge is -2.46. The van der Waals surface area contributed by atoms with Crippen LogP contribution in [0.25, 0.3) is 0 Å². The topological polar surface area (TPSA) is 15.3 Å². The third-order valence-electron chi connectivity index (χ3n) is 5.08. The van der Waals surface area contributed by atoms with Gasteiger partial charge in [-0.05, 0) is 63.1 Å². The Morgan fingerprint density at radius 3 is 2.25 bits per heavy atom. The number of hydrogen-bond donors (Lipinski definition) is 1. The molecule has 0 amide bonds. The van der Waals surface area contributed by atoms with E-state index in [4.69, 9.17) is 0 Å². The second kappa shape index (κ2) is 8.38. The summed E-state index contributed by atoms with van der Waals surface area (Å²) in [6.07, 6.45) is 6.63. The third kappa shape index (κ3) is 5.04. The van der Waals surface area contributed by atoms with Gasteiger partial charge in [0.25, 0.3) is 0 Å². The highest BCUT2D eigenvalue weighted by atomic mass is 15.2. The van der Waals surface area contributed by atoms with E-state index in [2.05, 4.69) is 51.8 Å². The van der Waals surface area contributed by atoms with E-state index in [9.17, 15) is 0 Å². The van der Waals surface area contributed by atoms with Crippen molar-refractivity contribution < 1.29 is 0 Å². The van der Waals surface area contributed by atoms with Gasteiger partial charge in [-0.25, -0.2) is 0 Å². The van der Waals surface area contributed by atoms with Gasteiger partial charge in [-0.1, -0.05) is 41.5 Å². The van der Waals surface area contributed by atoms with Crippen molar-refractivity contribution in [3.05, 3.63) is 0 Å². The molecule has 0 spiro atoms. The Labute approximate surface area is 127 Å². The SMILES string of the molecule is CCCNC1CCC(C(C)(C)C)CC1N(CC)CCC. The van der Waals surface area contributed by atoms with Crippen molar-refractivity contribution in [1.82, 2.24) is 10.2 Å². The predicted molar refractivity (Wildman–Crippen MR) is 90.2 cm³/mol. The summed E-state index contributed by atoms with van der Waals surface area (Å²) < 4.78 is 0. The molecular weight excluding hydrogens is 244 g/mol. The van der Waals surface area contributed by atoms with Crippen LogP contribution < -0.4 is 5.32 Å². The molecule has 0 aromatic rings. The molecule has 0 bridgehead atoms. The molecule has 1 rings (SSSR count). The molecule has 0 saturated heterocycles. The Hall–Kier alpha value is -0.0800. The van der Waals surface area contributed by atoms with Crippen LogP contribution in [0.3, 0.4) is 0 Å². The van der Waals surface area contributed by atoms with E-state index in [1.165, 1.54) is 51.7 Å². The fraction of sp³-hybridized carbons (Fsp3) is 1.00. The minimum Gasteiger partial charge on any atom is -0.312 e. The van der Waals surface area contributed by atoms with Crippen LogP contribution in [-0.4, -0.2) is 36.6 Å². The van der Waals surface area contributed by atoms with Crippen LogP contribution in [0.5, 0.6) is 0 Å². The smallest absolute Gasteiger partial charge is 0.0252 e. The van der Waals surface area contributed by atoms with Gasteiger partial charge in [0, 0.05) is 12.1 Å². The molecule has 2 heteroatoms. The van der Waals surface area contributed by atoms with Gasteiger partial charge in [0.1, 0.15) is 0 Å². The molecule has 2 nitrogen and oxygen atoms in total. The lowest BCUT2D eigenvalue weighted by molar-refractivity contribution is 0.0609. The molecule has 1 N–H and O–H groups in total. The first-order chi connectivity index (χ1) is 9.43. The highest BCUT2D eigenvalue weighted by Crippen LogP contribution is 2.39. The van der Waals surface area contributed by atoms with Crippen molar-refractivity contribution in [2.24, 2.45) is 11.3 Å². The van der Waals surface area contributed by atoms with Gasteiger partial charge in [-0.15, -0.1) is 0 Å². The monoisotopic (exact) mass is 282 g/mol. The highest BCUT2D eigenvalue weighted by Gasteiger charge is 2.37. The first-order valence-corrected chi connectivity index (χ1v) is 8.91. The first-order valence-electron chi connectivity index (χ1n) is 8.91. The quantitative estimate of drug-likeness (QED) is 0.749. The molecule has 1 saturated carbocycles. The van der Waals surface area contributed by atoms with Gasteiger partial charge in [-0.3, -0.25) is 4.90 Å². The fourth-order valence-corrected chi connectivity index (χ4v) is 3.75. The second-order valence-corrected chi connectivity index (χ2v) is 7.63. The van der Waals surface area contributed by atoms with Crippen LogP contribution in [-0.2, 0) is 0 Å². The molecule has 0 aromatic heterocycles. The van der Waals surface area contributed by atoms with E-state index in [1.54, 1.807) is 0 Å². The third-order valence-corrected chi connectivity index (χ3v) is 5.08. The summed E-state index contributed by atoms with van der Waals surface area (Å²) in [6.45, 7) is 17.8. The fourth-order valence-electron chi connectivity index (χ4n) is 3.75. The molecule has 0 heterocycles. The summed E-state index contributed by atoms with van der Waals surface area (Å²) in [6, 6.07) is 1.45. The Kier molecular flexibility index (Phi) is 7.53. The van der Waals surface area contributed by atoms with Gasteiger partial charge in [-0.2, -0.15) is 0 Å². The zero-order chi connectivity index (χ0) is 15.2. The molecule has 20 heavy (non-hydrogen) atoms. The van der Waals surface area contributed by atoms with Crippen LogP contribution in [0.1, 0.15) is 73.6 Å². The molecule has 120 valence electrons. The van der Waals surface area contributed by atoms with Crippen molar-refractivity contribution in [3.63, 3.8) is 0 Å². The summed E-state index contributed by atoms with van der Waals surface area (Å²) in [5, 5.41) is 3.82. The number of nitrogens with one attached hydrogen (secondary N) is 1. The first kappa shape index (κ1) is 18.0. The minimum absolute atomic E-state index is 0.458. The number of rotatable bonds is 7. The van der Waals surface area contributed by atoms with Gasteiger partial charge in [0.15, 0.2) is 0 Å². The van der Waals surface area contributed by atoms with Gasteiger partial charge >= 0.3 is 0 Å². The largest absolute Gasteiger partial charge is 0.312 e. The summed E-state index contributed by atoms with van der Waals surface area (Å²) in [5.74, 6) is 0.873. The van der Waals surface area contributed by atoms with E-state index >= 15 is 0 Å². The van der Waals surface area contributed by atoms with Crippen LogP contribution >= 0.6 is 0 Å². The average molecular weight is 283 g/mol. The maximum Gasteiger partial charge on any atom is 0.0252 e. The molecule has 1 aliphatic rings. The van der Waals surface area contributed by atoms with Crippen molar-refractivity contribution in [1.29, 1.82) is 0 Å². The normalized spacial score (nSPS) is 28.1. The number of nitrogens with zero attached hydrogens (tertiary/aromatic N) is 1. The van der Waals surface area contributed by atoms with E-state index in [-0.39, 0.29) is 0 Å². The Bertz CT molecular complexity index is 257. The Balaban J connectivity index is 2.76. The summed E-state index contributed by atoms with van der Waals surface area (Å²) >= 11 is 0. The van der Waals surface area contributed by atoms with Crippen LogP contribution in [0.2, 0.25) is 0 Å². The van der Waals surface area contributed by atoms with Gasteiger partial charge in [0.2, 0.25) is 0 Å². The van der Waals surface area contributed by atoms with E-state index in [0.717, 1.165) is 12.0 Å². The highest BCUT2D eigenvalue weighted by molar-refractivity contribution is 4.94. The van der Waals surface area contributed by atoms with Gasteiger partial charge in [0.05, 0.1) is 0 Å². The minimum atomic E-state index is 0.458. The average Bonchev–Trinajstić information content (AvgIpc) is 2.41. The lowest BCUT2D eigenvalue weighted by atomic mass is 9.69. The summed E-state index contributed by atoms with van der Waals surface area (Å²) in [5.41, 5.74) is 0.458. The lowest BCUT2D eigenvalue weighted by Crippen LogP contribution is -2.54.